The molecule has 1 N–H and O–H groups in total. The van der Waals surface area contributed by atoms with Gasteiger partial charge in [0.15, 0.2) is 5.69 Å². The Labute approximate surface area is 166 Å². The van der Waals surface area contributed by atoms with Crippen molar-refractivity contribution in [2.75, 3.05) is 25.1 Å². The number of rotatable bonds is 3. The van der Waals surface area contributed by atoms with Crippen molar-refractivity contribution in [3.63, 3.8) is 0 Å². The second-order valence-electron chi connectivity index (χ2n) is 6.92. The van der Waals surface area contributed by atoms with Crippen molar-refractivity contribution in [3.8, 4) is 5.75 Å². The van der Waals surface area contributed by atoms with E-state index >= 15 is 0 Å². The molecule has 3 aromatic rings. The van der Waals surface area contributed by atoms with E-state index in [4.69, 9.17) is 4.74 Å². The number of methoxy groups -OCH3 is 1. The smallest absolute Gasteiger partial charge is 0.280 e. The van der Waals surface area contributed by atoms with Crippen LogP contribution in [0, 0.1) is 0 Å². The number of hydrogen-bond acceptors (Lipinski definition) is 5. The summed E-state index contributed by atoms with van der Waals surface area (Å²) in [5, 5.41) is 0. The maximum absolute atomic E-state index is 13.0. The molecule has 1 atom stereocenters. The van der Waals surface area contributed by atoms with Crippen molar-refractivity contribution in [2.24, 2.45) is 0 Å². The SMILES string of the molecule is COc1cccc(N2C[C@H](C)N(C(=O)c3nc4ccccc4[nH]c3=O)CC2=O)c1. The van der Waals surface area contributed by atoms with Gasteiger partial charge in [-0.25, -0.2) is 4.98 Å². The van der Waals surface area contributed by atoms with Gasteiger partial charge in [-0.2, -0.15) is 0 Å². The highest BCUT2D eigenvalue weighted by atomic mass is 16.5. The summed E-state index contributed by atoms with van der Waals surface area (Å²) in [6.45, 7) is 2.02. The second-order valence-corrected chi connectivity index (χ2v) is 6.92. The predicted molar refractivity (Wildman–Crippen MR) is 108 cm³/mol. The van der Waals surface area contributed by atoms with E-state index < -0.39 is 11.5 Å². The molecule has 0 saturated carbocycles. The van der Waals surface area contributed by atoms with Gasteiger partial charge in [-0.3, -0.25) is 14.4 Å². The molecule has 0 radical (unpaired) electrons. The van der Waals surface area contributed by atoms with Gasteiger partial charge >= 0.3 is 0 Å². The lowest BCUT2D eigenvalue weighted by atomic mass is 10.1. The summed E-state index contributed by atoms with van der Waals surface area (Å²) in [5.74, 6) is -0.140. The van der Waals surface area contributed by atoms with Crippen LogP contribution in [0.4, 0.5) is 5.69 Å². The number of carbonyl (C=O) groups is 2. The fourth-order valence-corrected chi connectivity index (χ4v) is 3.46. The van der Waals surface area contributed by atoms with Crippen LogP contribution in [0.3, 0.4) is 0 Å². The van der Waals surface area contributed by atoms with Gasteiger partial charge in [0.2, 0.25) is 5.91 Å². The number of H-pyrrole nitrogens is 1. The highest BCUT2D eigenvalue weighted by molar-refractivity contribution is 6.01. The number of aromatic amines is 1. The molecule has 0 unspecified atom stereocenters. The Morgan fingerprint density at radius 3 is 2.76 bits per heavy atom. The number of amides is 2. The normalized spacial score (nSPS) is 16.9. The number of benzene rings is 2. The molecule has 1 aromatic heterocycles. The zero-order valence-electron chi connectivity index (χ0n) is 16.1. The summed E-state index contributed by atoms with van der Waals surface area (Å²) >= 11 is 0. The molecule has 1 aliphatic heterocycles. The van der Waals surface area contributed by atoms with Crippen molar-refractivity contribution >= 4 is 28.5 Å². The summed E-state index contributed by atoms with van der Waals surface area (Å²) in [6, 6.07) is 13.9. The number of fused-ring (bicyclic) bond motifs is 1. The van der Waals surface area contributed by atoms with Crippen LogP contribution in [0.5, 0.6) is 5.75 Å². The van der Waals surface area contributed by atoms with E-state index in [9.17, 15) is 14.4 Å². The van der Waals surface area contributed by atoms with E-state index in [2.05, 4.69) is 9.97 Å². The average molecular weight is 392 g/mol. The standard InChI is InChI=1S/C21H20N4O4/c1-13-11-25(14-6-5-7-15(10-14)29-2)18(26)12-24(13)21(28)19-20(27)23-17-9-4-3-8-16(17)22-19/h3-10,13H,11-12H2,1-2H3,(H,23,27)/t13-/m0/s1. The van der Waals surface area contributed by atoms with Crippen LogP contribution in [0.15, 0.2) is 53.3 Å². The molecular weight excluding hydrogens is 372 g/mol. The third kappa shape index (κ3) is 3.44. The minimum Gasteiger partial charge on any atom is -0.497 e. The minimum atomic E-state index is -0.566. The molecule has 0 aliphatic carbocycles. The third-order valence-corrected chi connectivity index (χ3v) is 5.01. The van der Waals surface area contributed by atoms with Gasteiger partial charge in [0.25, 0.3) is 11.5 Å². The van der Waals surface area contributed by atoms with Crippen molar-refractivity contribution < 1.29 is 14.3 Å². The van der Waals surface area contributed by atoms with Gasteiger partial charge in [-0.05, 0) is 31.2 Å². The highest BCUT2D eigenvalue weighted by Gasteiger charge is 2.35. The predicted octanol–water partition coefficient (Wildman–Crippen LogP) is 1.81. The molecule has 1 saturated heterocycles. The molecular formula is C21H20N4O4. The Hall–Kier alpha value is -3.68. The lowest BCUT2D eigenvalue weighted by Crippen LogP contribution is -2.57. The summed E-state index contributed by atoms with van der Waals surface area (Å²) < 4.78 is 5.22. The van der Waals surface area contributed by atoms with Crippen LogP contribution in [-0.4, -0.2) is 52.9 Å². The van der Waals surface area contributed by atoms with Gasteiger partial charge in [0.05, 0.1) is 18.1 Å². The largest absolute Gasteiger partial charge is 0.497 e. The van der Waals surface area contributed by atoms with Crippen LogP contribution >= 0.6 is 0 Å². The van der Waals surface area contributed by atoms with Crippen LogP contribution in [-0.2, 0) is 4.79 Å². The van der Waals surface area contributed by atoms with E-state index in [0.717, 1.165) is 0 Å². The summed E-state index contributed by atoms with van der Waals surface area (Å²) in [4.78, 5) is 48.1. The molecule has 0 bridgehead atoms. The molecule has 2 aromatic carbocycles. The van der Waals surface area contributed by atoms with Crippen LogP contribution in [0.25, 0.3) is 11.0 Å². The first-order valence-corrected chi connectivity index (χ1v) is 9.22. The summed E-state index contributed by atoms with van der Waals surface area (Å²) in [7, 11) is 1.56. The number of nitrogens with one attached hydrogen (secondary N) is 1. The first-order chi connectivity index (χ1) is 14.0. The molecule has 29 heavy (non-hydrogen) atoms. The van der Waals surface area contributed by atoms with Crippen molar-refractivity contribution in [1.29, 1.82) is 0 Å². The van der Waals surface area contributed by atoms with E-state index in [1.807, 2.05) is 19.1 Å². The summed E-state index contributed by atoms with van der Waals surface area (Å²) in [6.07, 6.45) is 0. The maximum Gasteiger partial charge on any atom is 0.280 e. The Balaban J connectivity index is 1.61. The molecule has 1 aliphatic rings. The lowest BCUT2D eigenvalue weighted by Gasteiger charge is -2.39. The van der Waals surface area contributed by atoms with E-state index in [1.165, 1.54) is 4.90 Å². The first kappa shape index (κ1) is 18.7. The Morgan fingerprint density at radius 1 is 1.17 bits per heavy atom. The van der Waals surface area contributed by atoms with Gasteiger partial charge in [-0.1, -0.05) is 18.2 Å². The van der Waals surface area contributed by atoms with Crippen molar-refractivity contribution in [2.45, 2.75) is 13.0 Å². The molecule has 0 spiro atoms. The number of aromatic nitrogens is 2. The Kier molecular flexibility index (Phi) is 4.75. The molecule has 8 nitrogen and oxygen atoms in total. The second kappa shape index (κ2) is 7.38. The number of ether oxygens (including phenoxy) is 1. The van der Waals surface area contributed by atoms with Crippen molar-refractivity contribution in [3.05, 3.63) is 64.6 Å². The third-order valence-electron chi connectivity index (χ3n) is 5.01. The van der Waals surface area contributed by atoms with E-state index in [0.29, 0.717) is 29.0 Å². The number of piperazine rings is 1. The highest BCUT2D eigenvalue weighted by Crippen LogP contribution is 2.24. The Morgan fingerprint density at radius 2 is 1.97 bits per heavy atom. The monoisotopic (exact) mass is 392 g/mol. The quantitative estimate of drug-likeness (QED) is 0.733. The topological polar surface area (TPSA) is 95.6 Å². The fraction of sp³-hybridized carbons (Fsp3) is 0.238. The van der Waals surface area contributed by atoms with Crippen LogP contribution < -0.4 is 15.2 Å². The van der Waals surface area contributed by atoms with Gasteiger partial charge in [-0.15, -0.1) is 0 Å². The Bertz CT molecular complexity index is 1160. The lowest BCUT2D eigenvalue weighted by molar-refractivity contribution is -0.121. The minimum absolute atomic E-state index is 0.134. The number of para-hydroxylation sites is 2. The van der Waals surface area contributed by atoms with Gasteiger partial charge in [0, 0.05) is 24.3 Å². The van der Waals surface area contributed by atoms with Crippen molar-refractivity contribution in [1.82, 2.24) is 14.9 Å². The molecule has 4 rings (SSSR count). The molecule has 2 amide bonds. The molecule has 1 fully saturated rings. The zero-order valence-corrected chi connectivity index (χ0v) is 16.1. The van der Waals surface area contributed by atoms with Crippen LogP contribution in [0.1, 0.15) is 17.4 Å². The molecule has 2 heterocycles. The fourth-order valence-electron chi connectivity index (χ4n) is 3.46. The zero-order chi connectivity index (χ0) is 20.5. The number of carbonyl (C=O) groups excluding carboxylic acids is 2. The van der Waals surface area contributed by atoms with Crippen LogP contribution in [0.2, 0.25) is 0 Å². The number of anilines is 1. The first-order valence-electron chi connectivity index (χ1n) is 9.22. The van der Waals surface area contributed by atoms with Gasteiger partial charge in [0.1, 0.15) is 12.3 Å². The summed E-state index contributed by atoms with van der Waals surface area (Å²) in [5.41, 5.74) is 1.00. The maximum atomic E-state index is 13.0. The molecule has 8 heteroatoms. The average Bonchev–Trinajstić information content (AvgIpc) is 2.74. The number of hydrogen-bond donors (Lipinski definition) is 1. The van der Waals surface area contributed by atoms with E-state index in [1.54, 1.807) is 48.4 Å². The van der Waals surface area contributed by atoms with E-state index in [-0.39, 0.29) is 24.2 Å². The van der Waals surface area contributed by atoms with Gasteiger partial charge < -0.3 is 19.5 Å². The molecule has 148 valence electrons. The number of nitrogens with zero attached hydrogens (tertiary/aromatic N) is 3.